The van der Waals surface area contributed by atoms with Crippen LogP contribution in [0.1, 0.15) is 18.3 Å². The minimum absolute atomic E-state index is 0.193. The van der Waals surface area contributed by atoms with Crippen LogP contribution in [0.25, 0.3) is 0 Å². The Labute approximate surface area is 188 Å². The molecule has 0 aliphatic rings. The summed E-state index contributed by atoms with van der Waals surface area (Å²) in [5.74, 6) is 2.83. The molecule has 0 unspecified atom stereocenters. The molecule has 1 heterocycles. The van der Waals surface area contributed by atoms with Gasteiger partial charge in [0.25, 0.3) is 0 Å². The largest absolute Gasteiger partial charge is 0.493 e. The smallest absolute Gasteiger partial charge is 0.162 e. The molecule has 0 saturated carbocycles. The van der Waals surface area contributed by atoms with Crippen molar-refractivity contribution in [1.82, 2.24) is 9.97 Å². The summed E-state index contributed by atoms with van der Waals surface area (Å²) in [6, 6.07) is 13.4. The van der Waals surface area contributed by atoms with Crippen molar-refractivity contribution in [3.8, 4) is 17.2 Å². The molecule has 0 radical (unpaired) electrons. The van der Waals surface area contributed by atoms with E-state index in [1.165, 1.54) is 0 Å². The molecule has 0 spiro atoms. The Hall–Kier alpha value is -3.23. The van der Waals surface area contributed by atoms with Crippen molar-refractivity contribution in [2.75, 3.05) is 38.8 Å². The number of aliphatic hydroxyl groups is 1. The number of likely N-dealkylation sites (N-methyl/N-ethyl adjacent to an activating group) is 1. The second-order valence-electron chi connectivity index (χ2n) is 7.22. The number of ether oxygens (including phenoxy) is 4. The van der Waals surface area contributed by atoms with E-state index in [1.807, 2.05) is 49.4 Å². The number of hydrogen-bond acceptors (Lipinski definition) is 7. The highest BCUT2D eigenvalue weighted by atomic mass is 16.5. The van der Waals surface area contributed by atoms with E-state index >= 15 is 0 Å². The minimum atomic E-state index is -0.653. The van der Waals surface area contributed by atoms with Gasteiger partial charge in [-0.2, -0.15) is 0 Å². The Morgan fingerprint density at radius 3 is 2.47 bits per heavy atom. The zero-order valence-electron chi connectivity index (χ0n) is 18.8. The normalized spacial score (nSPS) is 11.8. The van der Waals surface area contributed by atoms with E-state index in [4.69, 9.17) is 18.9 Å². The summed E-state index contributed by atoms with van der Waals surface area (Å²) in [5.41, 5.74) is 1.98. The van der Waals surface area contributed by atoms with Gasteiger partial charge in [0.15, 0.2) is 11.5 Å². The van der Waals surface area contributed by atoms with Crippen LogP contribution in [0.3, 0.4) is 0 Å². The summed E-state index contributed by atoms with van der Waals surface area (Å²) in [5, 5.41) is 10.5. The van der Waals surface area contributed by atoms with Gasteiger partial charge in [-0.15, -0.1) is 0 Å². The number of aromatic nitrogens is 2. The molecule has 1 atom stereocenters. The van der Waals surface area contributed by atoms with Crippen LogP contribution < -0.4 is 19.1 Å². The number of nitrogens with one attached hydrogen (secondary N) is 1. The molecular weight excluding hydrogens is 410 g/mol. The highest BCUT2D eigenvalue weighted by Gasteiger charge is 2.14. The highest BCUT2D eigenvalue weighted by molar-refractivity contribution is 5.56. The molecule has 1 aromatic heterocycles. The SMILES string of the molecule is CCN(C[C@H](O)COc1ccc(COCc2ncc[nH]2)cc1)c1ccc(OC)c(OC)c1. The third kappa shape index (κ3) is 6.63. The Balaban J connectivity index is 1.46. The number of hydrogen-bond donors (Lipinski definition) is 2. The van der Waals surface area contributed by atoms with Crippen LogP contribution in [0, 0.1) is 0 Å². The maximum atomic E-state index is 10.5. The predicted molar refractivity (Wildman–Crippen MR) is 122 cm³/mol. The average Bonchev–Trinajstić information content (AvgIpc) is 3.35. The van der Waals surface area contributed by atoms with Crippen molar-refractivity contribution in [1.29, 1.82) is 0 Å². The van der Waals surface area contributed by atoms with Gasteiger partial charge in [0, 0.05) is 37.2 Å². The van der Waals surface area contributed by atoms with Crippen molar-refractivity contribution < 1.29 is 24.1 Å². The molecule has 0 aliphatic carbocycles. The van der Waals surface area contributed by atoms with Crippen LogP contribution >= 0.6 is 0 Å². The van der Waals surface area contributed by atoms with Gasteiger partial charge in [-0.05, 0) is 36.8 Å². The zero-order valence-corrected chi connectivity index (χ0v) is 18.8. The van der Waals surface area contributed by atoms with Gasteiger partial charge in [0.05, 0.1) is 20.8 Å². The molecule has 172 valence electrons. The van der Waals surface area contributed by atoms with E-state index in [2.05, 4.69) is 14.9 Å². The van der Waals surface area contributed by atoms with Crippen LogP contribution in [-0.4, -0.2) is 55.1 Å². The van der Waals surface area contributed by atoms with Crippen LogP contribution in [0.15, 0.2) is 54.9 Å². The summed E-state index contributed by atoms with van der Waals surface area (Å²) in [7, 11) is 3.22. The van der Waals surface area contributed by atoms with Crippen LogP contribution in [0.5, 0.6) is 17.2 Å². The first-order valence-electron chi connectivity index (χ1n) is 10.6. The molecule has 8 nitrogen and oxygen atoms in total. The molecule has 8 heteroatoms. The Kier molecular flexibility index (Phi) is 8.77. The number of methoxy groups -OCH3 is 2. The van der Waals surface area contributed by atoms with E-state index in [9.17, 15) is 5.11 Å². The van der Waals surface area contributed by atoms with Crippen LogP contribution in [-0.2, 0) is 18.0 Å². The number of H-pyrrole nitrogens is 1. The monoisotopic (exact) mass is 441 g/mol. The van der Waals surface area contributed by atoms with Gasteiger partial charge >= 0.3 is 0 Å². The third-order valence-electron chi connectivity index (χ3n) is 4.97. The second-order valence-corrected chi connectivity index (χ2v) is 7.22. The topological polar surface area (TPSA) is 89.1 Å². The fourth-order valence-electron chi connectivity index (χ4n) is 3.26. The summed E-state index contributed by atoms with van der Waals surface area (Å²) in [6.07, 6.45) is 2.82. The number of nitrogens with zero attached hydrogens (tertiary/aromatic N) is 2. The van der Waals surface area contributed by atoms with Crippen molar-refractivity contribution in [3.63, 3.8) is 0 Å². The Morgan fingerprint density at radius 1 is 1.03 bits per heavy atom. The molecule has 0 amide bonds. The van der Waals surface area contributed by atoms with E-state index in [-0.39, 0.29) is 6.61 Å². The lowest BCUT2D eigenvalue weighted by Gasteiger charge is -2.26. The highest BCUT2D eigenvalue weighted by Crippen LogP contribution is 2.31. The molecule has 3 aromatic rings. The first kappa shape index (κ1) is 23.4. The van der Waals surface area contributed by atoms with Crippen molar-refractivity contribution in [3.05, 3.63) is 66.2 Å². The predicted octanol–water partition coefficient (Wildman–Crippen LogP) is 3.41. The molecule has 32 heavy (non-hydrogen) atoms. The molecule has 0 saturated heterocycles. The fourth-order valence-corrected chi connectivity index (χ4v) is 3.26. The molecule has 0 fully saturated rings. The Bertz CT molecular complexity index is 931. The lowest BCUT2D eigenvalue weighted by Crippen LogP contribution is -2.35. The lowest BCUT2D eigenvalue weighted by molar-refractivity contribution is 0.102. The van der Waals surface area contributed by atoms with Crippen LogP contribution in [0.4, 0.5) is 5.69 Å². The van der Waals surface area contributed by atoms with Gasteiger partial charge in [-0.1, -0.05) is 12.1 Å². The minimum Gasteiger partial charge on any atom is -0.493 e. The second kappa shape index (κ2) is 12.0. The summed E-state index contributed by atoms with van der Waals surface area (Å²) < 4.78 is 22.1. The molecular formula is C24H31N3O5. The summed E-state index contributed by atoms with van der Waals surface area (Å²) in [4.78, 5) is 9.19. The quantitative estimate of drug-likeness (QED) is 0.420. The van der Waals surface area contributed by atoms with Crippen molar-refractivity contribution >= 4 is 5.69 Å². The summed E-state index contributed by atoms with van der Waals surface area (Å²) in [6.45, 7) is 4.32. The third-order valence-corrected chi connectivity index (χ3v) is 4.97. The Morgan fingerprint density at radius 2 is 1.81 bits per heavy atom. The maximum absolute atomic E-state index is 10.5. The molecule has 0 aliphatic heterocycles. The number of aromatic amines is 1. The first-order valence-corrected chi connectivity index (χ1v) is 10.6. The average molecular weight is 442 g/mol. The number of benzene rings is 2. The van der Waals surface area contributed by atoms with E-state index in [0.29, 0.717) is 37.0 Å². The molecule has 2 N–H and O–H groups in total. The summed E-state index contributed by atoms with van der Waals surface area (Å²) >= 11 is 0. The van der Waals surface area contributed by atoms with Crippen molar-refractivity contribution in [2.24, 2.45) is 0 Å². The van der Waals surface area contributed by atoms with Gasteiger partial charge in [-0.3, -0.25) is 0 Å². The van der Waals surface area contributed by atoms with Gasteiger partial charge < -0.3 is 33.9 Å². The standard InChI is InChI=1S/C24H31N3O5/c1-4-27(19-7-10-22(29-2)23(13-19)30-3)14-20(28)16-32-21-8-5-18(6-9-21)15-31-17-24-25-11-12-26-24/h5-13,20,28H,4,14-17H2,1-3H3,(H,25,26)/t20-/m0/s1. The van der Waals surface area contributed by atoms with Gasteiger partial charge in [0.2, 0.25) is 0 Å². The fraction of sp³-hybridized carbons (Fsp3) is 0.375. The van der Waals surface area contributed by atoms with Crippen molar-refractivity contribution in [2.45, 2.75) is 26.2 Å². The number of anilines is 1. The number of rotatable bonds is 13. The van der Waals surface area contributed by atoms with E-state index < -0.39 is 6.10 Å². The van der Waals surface area contributed by atoms with E-state index in [0.717, 1.165) is 23.6 Å². The lowest BCUT2D eigenvalue weighted by atomic mass is 10.2. The zero-order chi connectivity index (χ0) is 22.8. The number of imidazole rings is 1. The molecule has 3 rings (SSSR count). The van der Waals surface area contributed by atoms with Gasteiger partial charge in [-0.25, -0.2) is 4.98 Å². The number of aliphatic hydroxyl groups excluding tert-OH is 1. The van der Waals surface area contributed by atoms with Gasteiger partial charge in [0.1, 0.15) is 30.9 Å². The molecule has 2 aromatic carbocycles. The first-order chi connectivity index (χ1) is 15.6. The van der Waals surface area contributed by atoms with E-state index in [1.54, 1.807) is 26.6 Å². The molecule has 0 bridgehead atoms. The van der Waals surface area contributed by atoms with Crippen LogP contribution in [0.2, 0.25) is 0 Å². The maximum Gasteiger partial charge on any atom is 0.162 e.